The molecule has 3 aromatic heterocycles. The Bertz CT molecular complexity index is 1990. The zero-order valence-electron chi connectivity index (χ0n) is 28.7. The van der Waals surface area contributed by atoms with Crippen LogP contribution in [0.25, 0.3) is 11.1 Å². The number of anilines is 4. The number of ether oxygens (including phenoxy) is 1. The van der Waals surface area contributed by atoms with Crippen LogP contribution in [-0.4, -0.2) is 81.5 Å². The number of carbonyl (C=O) groups excluding carboxylic acids is 1. The Balaban J connectivity index is 1.06. The number of hydrogen-bond donors (Lipinski definition) is 2. The maximum absolute atomic E-state index is 15.4. The molecule has 262 valence electrons. The lowest BCUT2D eigenvalue weighted by molar-refractivity contribution is -0.0698. The van der Waals surface area contributed by atoms with Gasteiger partial charge in [0.1, 0.15) is 17.3 Å². The minimum absolute atomic E-state index is 0.183. The molecule has 2 N–H and O–H groups in total. The number of hydrogen-bond acceptors (Lipinski definition) is 8. The van der Waals surface area contributed by atoms with Crippen molar-refractivity contribution in [3.05, 3.63) is 87.5 Å². The molecule has 50 heavy (non-hydrogen) atoms. The number of pyridine rings is 2. The summed E-state index contributed by atoms with van der Waals surface area (Å²) in [4.78, 5) is 38.4. The number of benzene rings is 1. The highest BCUT2D eigenvalue weighted by molar-refractivity contribution is 6.09. The van der Waals surface area contributed by atoms with E-state index in [4.69, 9.17) is 4.74 Å². The van der Waals surface area contributed by atoms with Crippen molar-refractivity contribution >= 4 is 28.8 Å². The minimum atomic E-state index is -0.533. The van der Waals surface area contributed by atoms with Gasteiger partial charge in [-0.3, -0.25) is 14.5 Å². The number of aliphatic hydroxyl groups is 1. The fourth-order valence-corrected chi connectivity index (χ4v) is 8.20. The van der Waals surface area contributed by atoms with Gasteiger partial charge < -0.3 is 34.1 Å². The van der Waals surface area contributed by atoms with Crippen molar-refractivity contribution in [1.82, 2.24) is 19.0 Å². The molecule has 0 unspecified atom stereocenters. The van der Waals surface area contributed by atoms with E-state index in [0.717, 1.165) is 76.5 Å². The lowest BCUT2D eigenvalue weighted by Gasteiger charge is -2.47. The quantitative estimate of drug-likeness (QED) is 0.281. The topological polar surface area (TPSA) is 108 Å². The van der Waals surface area contributed by atoms with E-state index >= 15 is 4.39 Å². The first-order valence-electron chi connectivity index (χ1n) is 17.8. The second kappa shape index (κ2) is 13.3. The number of aliphatic hydroxyl groups excluding tert-OH is 1. The van der Waals surface area contributed by atoms with Gasteiger partial charge in [-0.1, -0.05) is 6.92 Å². The fourth-order valence-electron chi connectivity index (χ4n) is 8.20. The molecule has 2 saturated heterocycles. The van der Waals surface area contributed by atoms with E-state index in [1.165, 1.54) is 22.4 Å². The molecule has 8 rings (SSSR count). The van der Waals surface area contributed by atoms with E-state index in [-0.39, 0.29) is 17.2 Å². The molecule has 4 aliphatic rings. The van der Waals surface area contributed by atoms with Crippen LogP contribution in [0.1, 0.15) is 53.5 Å². The zero-order valence-corrected chi connectivity index (χ0v) is 28.7. The summed E-state index contributed by atoms with van der Waals surface area (Å²) in [6, 6.07) is 11.1. The van der Waals surface area contributed by atoms with Gasteiger partial charge in [0.25, 0.3) is 11.5 Å². The van der Waals surface area contributed by atoms with Crippen LogP contribution < -0.4 is 20.7 Å². The molecule has 0 spiro atoms. The van der Waals surface area contributed by atoms with Gasteiger partial charge in [0.05, 0.1) is 49.0 Å². The van der Waals surface area contributed by atoms with Crippen molar-refractivity contribution in [2.45, 2.75) is 64.3 Å². The summed E-state index contributed by atoms with van der Waals surface area (Å²) >= 11 is 0. The summed E-state index contributed by atoms with van der Waals surface area (Å²) in [6.45, 7) is 7.61. The van der Waals surface area contributed by atoms with E-state index in [9.17, 15) is 14.7 Å². The van der Waals surface area contributed by atoms with Gasteiger partial charge in [-0.25, -0.2) is 9.37 Å². The van der Waals surface area contributed by atoms with E-state index in [1.54, 1.807) is 24.2 Å². The molecule has 0 bridgehead atoms. The summed E-state index contributed by atoms with van der Waals surface area (Å²) in [6.07, 6.45) is 8.29. The molecule has 1 amide bonds. The number of rotatable bonds is 8. The maximum Gasteiger partial charge on any atom is 0.274 e. The third-order valence-electron chi connectivity index (χ3n) is 11.0. The molecule has 7 heterocycles. The Kier molecular flexibility index (Phi) is 8.70. The number of nitrogens with one attached hydrogen (secondary N) is 1. The molecule has 0 aliphatic carbocycles. The number of halogens is 1. The molecule has 2 fully saturated rings. The van der Waals surface area contributed by atoms with Crippen LogP contribution in [-0.2, 0) is 37.8 Å². The van der Waals surface area contributed by atoms with Crippen LogP contribution in [0.4, 0.5) is 27.3 Å². The average Bonchev–Trinajstić information content (AvgIpc) is 3.49. The van der Waals surface area contributed by atoms with Crippen LogP contribution in [0.2, 0.25) is 0 Å². The summed E-state index contributed by atoms with van der Waals surface area (Å²) in [7, 11) is 1.64. The number of piperazine rings is 1. The highest BCUT2D eigenvalue weighted by Gasteiger charge is 2.34. The number of fused-ring (bicyclic) bond motifs is 3. The lowest BCUT2D eigenvalue weighted by Crippen LogP contribution is -2.60. The Morgan fingerprint density at radius 3 is 2.62 bits per heavy atom. The number of nitrogens with zero attached hydrogens (tertiary/aromatic N) is 6. The molecular weight excluding hydrogens is 637 g/mol. The standard InChI is InChI=1S/C38H44FN7O4/c1-3-26-20-43(29-22-50-23-29)12-13-44(26)28-7-8-36(40-18-28)41-33-14-24(19-42(2)38(33)49)30-15-25(39)16-35(32(30)21-47)46-11-9-34-31(37(46)48)17-27-6-4-5-10-45(27)34/h7-8,14-19,26,29,47H,3-6,9-13,20-23H2,1-2H3,(H,40,41)/t26-/m0/s1. The van der Waals surface area contributed by atoms with Gasteiger partial charge >= 0.3 is 0 Å². The van der Waals surface area contributed by atoms with Gasteiger partial charge in [-0.2, -0.15) is 0 Å². The molecule has 1 aromatic carbocycles. The number of aryl methyl sites for hydroxylation is 2. The third kappa shape index (κ3) is 5.78. The minimum Gasteiger partial charge on any atom is -0.392 e. The monoisotopic (exact) mass is 681 g/mol. The molecule has 11 nitrogen and oxygen atoms in total. The Hall–Kier alpha value is -4.52. The predicted molar refractivity (Wildman–Crippen MR) is 191 cm³/mol. The predicted octanol–water partition coefficient (Wildman–Crippen LogP) is 4.46. The highest BCUT2D eigenvalue weighted by Crippen LogP contribution is 2.37. The van der Waals surface area contributed by atoms with Crippen molar-refractivity contribution in [2.24, 2.45) is 7.05 Å². The summed E-state index contributed by atoms with van der Waals surface area (Å²) < 4.78 is 24.5. The molecule has 4 aliphatic heterocycles. The first-order valence-corrected chi connectivity index (χ1v) is 17.8. The molecular formula is C38H44FN7O4. The van der Waals surface area contributed by atoms with Gasteiger partial charge in [0.15, 0.2) is 0 Å². The number of amides is 1. The summed E-state index contributed by atoms with van der Waals surface area (Å²) in [5.74, 6) is -0.208. The van der Waals surface area contributed by atoms with E-state index < -0.39 is 12.4 Å². The number of carbonyl (C=O) groups is 1. The first-order chi connectivity index (χ1) is 24.3. The van der Waals surface area contributed by atoms with Crippen LogP contribution in [0.15, 0.2) is 53.6 Å². The van der Waals surface area contributed by atoms with Crippen molar-refractivity contribution < 1.29 is 19.0 Å². The third-order valence-corrected chi connectivity index (χ3v) is 11.0. The van der Waals surface area contributed by atoms with Crippen molar-refractivity contribution in [2.75, 3.05) is 54.5 Å². The largest absolute Gasteiger partial charge is 0.392 e. The van der Waals surface area contributed by atoms with Gasteiger partial charge in [0.2, 0.25) is 0 Å². The summed E-state index contributed by atoms with van der Waals surface area (Å²) in [5.41, 5.74) is 5.62. The van der Waals surface area contributed by atoms with Gasteiger partial charge in [0, 0.05) is 80.9 Å². The van der Waals surface area contributed by atoms with Gasteiger partial charge in [-0.15, -0.1) is 0 Å². The molecule has 0 saturated carbocycles. The molecule has 4 aromatic rings. The average molecular weight is 682 g/mol. The second-order valence-electron chi connectivity index (χ2n) is 13.9. The molecule has 0 radical (unpaired) electrons. The zero-order chi connectivity index (χ0) is 34.5. The maximum atomic E-state index is 15.4. The van der Waals surface area contributed by atoms with E-state index in [0.29, 0.717) is 58.8 Å². The Morgan fingerprint density at radius 1 is 1.02 bits per heavy atom. The van der Waals surface area contributed by atoms with Crippen molar-refractivity contribution in [3.8, 4) is 11.1 Å². The van der Waals surface area contributed by atoms with Crippen molar-refractivity contribution in [1.29, 1.82) is 0 Å². The Morgan fingerprint density at radius 2 is 1.88 bits per heavy atom. The second-order valence-corrected chi connectivity index (χ2v) is 13.9. The van der Waals surface area contributed by atoms with Crippen LogP contribution in [0.3, 0.4) is 0 Å². The van der Waals surface area contributed by atoms with Crippen molar-refractivity contribution in [3.63, 3.8) is 0 Å². The first kappa shape index (κ1) is 32.7. The highest BCUT2D eigenvalue weighted by atomic mass is 19.1. The van der Waals surface area contributed by atoms with Gasteiger partial charge in [-0.05, 0) is 67.6 Å². The van der Waals surface area contributed by atoms with Crippen LogP contribution >= 0.6 is 0 Å². The molecule has 12 heteroatoms. The molecule has 1 atom stereocenters. The lowest BCUT2D eigenvalue weighted by atomic mass is 9.96. The SMILES string of the molecule is CC[C@H]1CN(C2COC2)CCN1c1ccc(Nc2cc(-c3cc(F)cc(N4CCc5c(cc6n5CCCC6)C4=O)c3CO)cn(C)c2=O)nc1. The number of aromatic nitrogens is 3. The normalized spacial score (nSPS) is 19.7. The van der Waals surface area contributed by atoms with Crippen LogP contribution in [0.5, 0.6) is 0 Å². The van der Waals surface area contributed by atoms with E-state index in [2.05, 4.69) is 31.6 Å². The van der Waals surface area contributed by atoms with E-state index in [1.807, 2.05) is 24.4 Å². The Labute approximate surface area is 290 Å². The fraction of sp³-hybridized carbons (Fsp3) is 0.447. The smallest absolute Gasteiger partial charge is 0.274 e. The summed E-state index contributed by atoms with van der Waals surface area (Å²) in [5, 5.41) is 13.9. The van der Waals surface area contributed by atoms with Crippen LogP contribution in [0, 0.1) is 5.82 Å².